The van der Waals surface area contributed by atoms with E-state index in [9.17, 15) is 0 Å². The fourth-order valence-electron chi connectivity index (χ4n) is 1.66. The minimum atomic E-state index is 0. The van der Waals surface area contributed by atoms with E-state index in [2.05, 4.69) is 12.1 Å². The van der Waals surface area contributed by atoms with Gasteiger partial charge in [-0.2, -0.15) is 0 Å². The number of hydrogen-bond acceptors (Lipinski definition) is 2. The van der Waals surface area contributed by atoms with Gasteiger partial charge in [-0.3, -0.25) is 0 Å². The van der Waals surface area contributed by atoms with Crippen LogP contribution in [0.2, 0.25) is 0 Å². The quantitative estimate of drug-likeness (QED) is 0.786. The van der Waals surface area contributed by atoms with E-state index >= 15 is 0 Å². The van der Waals surface area contributed by atoms with Gasteiger partial charge in [-0.25, -0.2) is 0 Å². The number of methoxy groups -OCH3 is 2. The first kappa shape index (κ1) is 13.8. The van der Waals surface area contributed by atoms with E-state index < -0.39 is 0 Å². The fourth-order valence-corrected chi connectivity index (χ4v) is 1.66. The summed E-state index contributed by atoms with van der Waals surface area (Å²) in [6.07, 6.45) is 0. The van der Waals surface area contributed by atoms with Crippen molar-refractivity contribution >= 4 is 24.0 Å². The molecule has 0 saturated heterocycles. The van der Waals surface area contributed by atoms with Crippen molar-refractivity contribution in [2.75, 3.05) is 14.2 Å². The average Bonchev–Trinajstić information content (AvgIpc) is 2.39. The zero-order valence-corrected chi connectivity index (χ0v) is 12.2. The summed E-state index contributed by atoms with van der Waals surface area (Å²) in [7, 11) is 3.34. The van der Waals surface area contributed by atoms with Gasteiger partial charge in [-0.1, -0.05) is 30.3 Å². The van der Waals surface area contributed by atoms with E-state index in [1.54, 1.807) is 14.2 Å². The van der Waals surface area contributed by atoms with Gasteiger partial charge in [0.05, 0.1) is 14.2 Å². The molecule has 0 aliphatic heterocycles. The Morgan fingerprint density at radius 1 is 0.824 bits per heavy atom. The molecule has 0 fully saturated rings. The predicted octanol–water partition coefficient (Wildman–Crippen LogP) is 3.99. The third-order valence-electron chi connectivity index (χ3n) is 2.49. The molecule has 2 aromatic rings. The van der Waals surface area contributed by atoms with Crippen LogP contribution in [0.4, 0.5) is 0 Å². The van der Waals surface area contributed by atoms with Crippen LogP contribution in [-0.4, -0.2) is 14.2 Å². The molecule has 90 valence electrons. The molecule has 0 bridgehead atoms. The number of ether oxygens (including phenoxy) is 2. The van der Waals surface area contributed by atoms with Gasteiger partial charge in [0.1, 0.15) is 11.5 Å². The second kappa shape index (κ2) is 6.49. The molecule has 0 heterocycles. The Kier molecular flexibility index (Phi) is 5.28. The van der Waals surface area contributed by atoms with Crippen LogP contribution >= 0.6 is 24.0 Å². The molecule has 0 aromatic heterocycles. The highest BCUT2D eigenvalue weighted by Crippen LogP contribution is 2.32. The van der Waals surface area contributed by atoms with E-state index in [1.165, 1.54) is 0 Å². The van der Waals surface area contributed by atoms with Crippen molar-refractivity contribution < 1.29 is 9.47 Å². The van der Waals surface area contributed by atoms with E-state index in [1.807, 2.05) is 36.4 Å². The Balaban J connectivity index is 0.00000144. The van der Waals surface area contributed by atoms with E-state index in [4.69, 9.17) is 9.47 Å². The van der Waals surface area contributed by atoms with E-state index in [0.717, 1.165) is 22.6 Å². The lowest BCUT2D eigenvalue weighted by atomic mass is 10.0. The number of benzene rings is 2. The number of rotatable bonds is 3. The molecule has 3 heteroatoms. The van der Waals surface area contributed by atoms with Gasteiger partial charge >= 0.3 is 0 Å². The van der Waals surface area contributed by atoms with Crippen molar-refractivity contribution in [2.45, 2.75) is 0 Å². The molecule has 2 nitrogen and oxygen atoms in total. The molecule has 0 radical (unpaired) electrons. The molecule has 0 aliphatic rings. The summed E-state index contributed by atoms with van der Waals surface area (Å²) in [6, 6.07) is 15.9. The molecule has 2 rings (SSSR count). The lowest BCUT2D eigenvalue weighted by molar-refractivity contribution is 0.404. The second-order valence-corrected chi connectivity index (χ2v) is 3.43. The summed E-state index contributed by atoms with van der Waals surface area (Å²) in [6.45, 7) is 0. The Morgan fingerprint density at radius 2 is 1.53 bits per heavy atom. The third kappa shape index (κ3) is 3.12. The molecule has 0 saturated carbocycles. The highest BCUT2D eigenvalue weighted by Gasteiger charge is 2.06. The number of hydrogen-bond donors (Lipinski definition) is 0. The lowest BCUT2D eigenvalue weighted by Gasteiger charge is -2.10. The molecule has 0 N–H and O–H groups in total. The van der Waals surface area contributed by atoms with Crippen molar-refractivity contribution in [1.82, 2.24) is 0 Å². The smallest absolute Gasteiger partial charge is 0.126 e. The highest BCUT2D eigenvalue weighted by atomic mass is 127. The molecule has 2 aromatic carbocycles. The normalized spacial score (nSPS) is 9.29. The van der Waals surface area contributed by atoms with Crippen LogP contribution in [0, 0.1) is 0 Å². The molecule has 0 aliphatic carbocycles. The molecular formula is C14H15IO2. The lowest BCUT2D eigenvalue weighted by Crippen LogP contribution is -1.89. The Labute approximate surface area is 119 Å². The van der Waals surface area contributed by atoms with Crippen molar-refractivity contribution in [3.63, 3.8) is 0 Å². The van der Waals surface area contributed by atoms with Gasteiger partial charge in [0, 0.05) is 5.56 Å². The summed E-state index contributed by atoms with van der Waals surface area (Å²) < 4.78 is 10.6. The maximum Gasteiger partial charge on any atom is 0.126 e. The number of halogens is 1. The van der Waals surface area contributed by atoms with Crippen molar-refractivity contribution in [1.29, 1.82) is 0 Å². The van der Waals surface area contributed by atoms with Crippen LogP contribution in [0.3, 0.4) is 0 Å². The topological polar surface area (TPSA) is 18.5 Å². The van der Waals surface area contributed by atoms with Gasteiger partial charge in [-0.05, 0) is 23.8 Å². The van der Waals surface area contributed by atoms with Gasteiger partial charge in [-0.15, -0.1) is 24.0 Å². The maximum absolute atomic E-state index is 5.34. The Morgan fingerprint density at radius 3 is 2.12 bits per heavy atom. The summed E-state index contributed by atoms with van der Waals surface area (Å²) in [4.78, 5) is 0. The zero-order valence-electron chi connectivity index (χ0n) is 9.84. The van der Waals surface area contributed by atoms with Crippen LogP contribution in [0.15, 0.2) is 48.5 Å². The minimum Gasteiger partial charge on any atom is -0.497 e. The first-order chi connectivity index (χ1) is 7.85. The Hall–Kier alpha value is -1.23. The fraction of sp³-hybridized carbons (Fsp3) is 0.143. The van der Waals surface area contributed by atoms with Crippen molar-refractivity contribution in [3.05, 3.63) is 48.5 Å². The monoisotopic (exact) mass is 342 g/mol. The summed E-state index contributed by atoms with van der Waals surface area (Å²) in [5.41, 5.74) is 2.17. The SMILES string of the molecule is COc1ccc(OC)c(-c2ccccc2)c1.I. The summed E-state index contributed by atoms with van der Waals surface area (Å²) in [5.74, 6) is 1.69. The highest BCUT2D eigenvalue weighted by molar-refractivity contribution is 14.0. The first-order valence-corrected chi connectivity index (χ1v) is 5.12. The second-order valence-electron chi connectivity index (χ2n) is 3.43. The first-order valence-electron chi connectivity index (χ1n) is 5.12. The van der Waals surface area contributed by atoms with Crippen LogP contribution < -0.4 is 9.47 Å². The molecular weight excluding hydrogens is 327 g/mol. The molecule has 0 unspecified atom stereocenters. The van der Waals surface area contributed by atoms with Crippen LogP contribution in [0.5, 0.6) is 11.5 Å². The van der Waals surface area contributed by atoms with Gasteiger partial charge in [0.2, 0.25) is 0 Å². The largest absolute Gasteiger partial charge is 0.497 e. The molecule has 0 spiro atoms. The van der Waals surface area contributed by atoms with Crippen LogP contribution in [0.25, 0.3) is 11.1 Å². The van der Waals surface area contributed by atoms with Crippen molar-refractivity contribution in [2.24, 2.45) is 0 Å². The van der Waals surface area contributed by atoms with E-state index in [-0.39, 0.29) is 24.0 Å². The molecule has 17 heavy (non-hydrogen) atoms. The average molecular weight is 342 g/mol. The van der Waals surface area contributed by atoms with Crippen LogP contribution in [0.1, 0.15) is 0 Å². The molecule has 0 atom stereocenters. The van der Waals surface area contributed by atoms with Gasteiger partial charge in [0.15, 0.2) is 0 Å². The summed E-state index contributed by atoms with van der Waals surface area (Å²) >= 11 is 0. The zero-order chi connectivity index (χ0) is 11.4. The molecule has 0 amide bonds. The standard InChI is InChI=1S/C14H14O2.HI/c1-15-12-8-9-14(16-2)13(10-12)11-6-4-3-5-7-11;/h3-10H,1-2H3;1H. The van der Waals surface area contributed by atoms with Gasteiger partial charge < -0.3 is 9.47 Å². The predicted molar refractivity (Wildman–Crippen MR) is 80.4 cm³/mol. The van der Waals surface area contributed by atoms with Crippen molar-refractivity contribution in [3.8, 4) is 22.6 Å². The maximum atomic E-state index is 5.34. The van der Waals surface area contributed by atoms with E-state index in [0.29, 0.717) is 0 Å². The Bertz CT molecular complexity index is 469. The van der Waals surface area contributed by atoms with Gasteiger partial charge in [0.25, 0.3) is 0 Å². The minimum absolute atomic E-state index is 0. The summed E-state index contributed by atoms with van der Waals surface area (Å²) in [5, 5.41) is 0. The third-order valence-corrected chi connectivity index (χ3v) is 2.49. The van der Waals surface area contributed by atoms with Crippen LogP contribution in [-0.2, 0) is 0 Å².